The van der Waals surface area contributed by atoms with Crippen molar-refractivity contribution in [2.45, 2.75) is 62.0 Å². The highest BCUT2D eigenvalue weighted by Gasteiger charge is 2.47. The van der Waals surface area contributed by atoms with Crippen molar-refractivity contribution < 1.29 is 69.2 Å². The van der Waals surface area contributed by atoms with Gasteiger partial charge in [0.25, 0.3) is 5.84 Å². The Balaban J connectivity index is 1.48. The number of para-hydroxylation sites is 1. The van der Waals surface area contributed by atoms with Crippen molar-refractivity contribution in [2.24, 2.45) is 15.0 Å². The first-order valence-electron chi connectivity index (χ1n) is 18.1. The summed E-state index contributed by atoms with van der Waals surface area (Å²) in [4.78, 5) is 52.7. The number of aldehydes is 1. The van der Waals surface area contributed by atoms with Crippen LogP contribution < -0.4 is 19.5 Å². The number of nitrogens with one attached hydrogen (secondary N) is 2. The van der Waals surface area contributed by atoms with Gasteiger partial charge in [0, 0.05) is 52.7 Å². The fourth-order valence-corrected chi connectivity index (χ4v) is 7.46. The quantitative estimate of drug-likeness (QED) is 0.0638. The Labute approximate surface area is 324 Å². The number of rotatable bonds is 14. The maximum absolute atomic E-state index is 14.4. The lowest BCUT2D eigenvalue weighted by Gasteiger charge is -2.40. The van der Waals surface area contributed by atoms with Crippen molar-refractivity contribution in [1.29, 1.82) is 5.41 Å². The van der Waals surface area contributed by atoms with Crippen molar-refractivity contribution in [1.82, 2.24) is 0 Å². The summed E-state index contributed by atoms with van der Waals surface area (Å²) in [6, 6.07) is 14.5. The largest absolute Gasteiger partial charge is 0.857 e. The van der Waals surface area contributed by atoms with E-state index in [2.05, 4.69) is 15.0 Å². The van der Waals surface area contributed by atoms with Crippen LogP contribution in [0.5, 0.6) is 11.5 Å². The molecule has 3 aliphatic heterocycles. The number of aliphatic imine (C=N–C) groups is 3. The molecule has 0 bridgehead atoms. The van der Waals surface area contributed by atoms with Crippen molar-refractivity contribution in [3.05, 3.63) is 88.0 Å². The van der Waals surface area contributed by atoms with E-state index < -0.39 is 79.4 Å². The summed E-state index contributed by atoms with van der Waals surface area (Å²) in [6.07, 6.45) is -9.76. The van der Waals surface area contributed by atoms with Crippen LogP contribution >= 0.6 is 0 Å². The predicted molar refractivity (Wildman–Crippen MR) is 196 cm³/mol. The highest BCUT2D eigenvalue weighted by molar-refractivity contribution is 6.66. The van der Waals surface area contributed by atoms with Gasteiger partial charge in [0.1, 0.15) is 43.0 Å². The van der Waals surface area contributed by atoms with Crippen molar-refractivity contribution in [3.8, 4) is 11.5 Å². The van der Waals surface area contributed by atoms with Gasteiger partial charge in [0.15, 0.2) is 35.4 Å². The SMILES string of the molecule is N=C1N=C([O-])C2=NC[NH+](c3ccccc3C(CCCO)c3cc4c(c(OCC(O)CC=O)c3OC3OC(CO)C(O)C(O)C3O)C(=O)c3ccccc3C4=O)C2=N1. The number of carbonyl (C=O) groups is 3. The van der Waals surface area contributed by atoms with Gasteiger partial charge in [0.05, 0.1) is 18.3 Å². The average Bonchev–Trinajstić information content (AvgIpc) is 3.64. The van der Waals surface area contributed by atoms with E-state index >= 15 is 0 Å². The third-order valence-electron chi connectivity index (χ3n) is 10.2. The second-order valence-electron chi connectivity index (χ2n) is 13.8. The van der Waals surface area contributed by atoms with E-state index in [0.717, 1.165) is 0 Å². The van der Waals surface area contributed by atoms with E-state index in [1.807, 2.05) is 0 Å². The normalized spacial score (nSPS) is 25.0. The highest BCUT2D eigenvalue weighted by Crippen LogP contribution is 2.49. The molecule has 57 heavy (non-hydrogen) atoms. The van der Waals surface area contributed by atoms with Crippen LogP contribution in [0.3, 0.4) is 0 Å². The zero-order valence-electron chi connectivity index (χ0n) is 30.1. The summed E-state index contributed by atoms with van der Waals surface area (Å²) >= 11 is 0. The standard InChI is InChI=1S/C39H39N5O13/c40-39-42-36-28(37(54)43-39)41-17-44(36)25-10-4-3-6-20(25)19(9-5-12-45)23-14-24-27(30(50)22-8-2-1-7-21(22)29(24)49)35(55-16-18(48)11-13-46)34(23)57-38-33(53)32(52)31(51)26(15-47)56-38/h1-4,6-8,10,13-14,18-19,26,31-33,38,45,47-48,51-53H,5,9,11-12,15-17H2,(H2,40,43,54). The number of benzene rings is 3. The minimum atomic E-state index is -1.94. The summed E-state index contributed by atoms with van der Waals surface area (Å²) in [5.41, 5.74) is 0.937. The van der Waals surface area contributed by atoms with Gasteiger partial charge >= 0.3 is 0 Å². The summed E-state index contributed by atoms with van der Waals surface area (Å²) < 4.78 is 18.3. The van der Waals surface area contributed by atoms with E-state index in [-0.39, 0.29) is 83.4 Å². The third kappa shape index (κ3) is 7.28. The monoisotopic (exact) mass is 785 g/mol. The number of aliphatic hydroxyl groups excluding tert-OH is 6. The van der Waals surface area contributed by atoms with Gasteiger partial charge in [-0.2, -0.15) is 4.99 Å². The number of amidine groups is 1. The number of ketones is 2. The Morgan fingerprint density at radius 1 is 0.947 bits per heavy atom. The van der Waals surface area contributed by atoms with Gasteiger partial charge in [-0.1, -0.05) is 42.5 Å². The van der Waals surface area contributed by atoms with Gasteiger partial charge in [-0.15, -0.1) is 0 Å². The number of aliphatic hydroxyl groups is 6. The van der Waals surface area contributed by atoms with Gasteiger partial charge < -0.3 is 54.8 Å². The number of fused-ring (bicyclic) bond motifs is 3. The molecule has 1 saturated heterocycles. The molecule has 298 valence electrons. The smallest absolute Gasteiger partial charge is 0.262 e. The van der Waals surface area contributed by atoms with Crippen molar-refractivity contribution in [2.75, 3.05) is 26.5 Å². The molecule has 1 aliphatic carbocycles. The van der Waals surface area contributed by atoms with Crippen LogP contribution in [0.2, 0.25) is 0 Å². The fraction of sp³-hybridized carbons (Fsp3) is 0.359. The van der Waals surface area contributed by atoms with E-state index in [1.165, 1.54) is 18.2 Å². The van der Waals surface area contributed by atoms with Crippen LogP contribution in [0.4, 0.5) is 5.69 Å². The van der Waals surface area contributed by atoms with Crippen LogP contribution in [0.25, 0.3) is 0 Å². The molecule has 0 amide bonds. The average molecular weight is 786 g/mol. The number of nitrogens with zero attached hydrogens (tertiary/aromatic N) is 3. The maximum atomic E-state index is 14.4. The van der Waals surface area contributed by atoms with E-state index in [1.54, 1.807) is 36.4 Å². The summed E-state index contributed by atoms with van der Waals surface area (Å²) in [5, 5.41) is 83.9. The van der Waals surface area contributed by atoms with Gasteiger partial charge in [-0.05, 0) is 25.0 Å². The van der Waals surface area contributed by atoms with Crippen LogP contribution in [-0.2, 0) is 9.53 Å². The lowest BCUT2D eigenvalue weighted by atomic mass is 9.78. The second-order valence-corrected chi connectivity index (χ2v) is 13.8. The van der Waals surface area contributed by atoms with Gasteiger partial charge in [-0.3, -0.25) is 15.0 Å². The molecule has 8 unspecified atom stereocenters. The molecule has 3 aromatic rings. The Hall–Kier alpha value is -5.57. The zero-order valence-corrected chi connectivity index (χ0v) is 30.1. The zero-order chi connectivity index (χ0) is 40.5. The van der Waals surface area contributed by atoms with Crippen LogP contribution in [0.1, 0.15) is 68.2 Å². The first-order valence-corrected chi connectivity index (χ1v) is 18.1. The van der Waals surface area contributed by atoms with Crippen LogP contribution in [0.15, 0.2) is 69.6 Å². The lowest BCUT2D eigenvalue weighted by Crippen LogP contribution is -3.09. The Kier molecular flexibility index (Phi) is 11.5. The molecule has 18 heteroatoms. The van der Waals surface area contributed by atoms with E-state index in [4.69, 9.17) is 19.6 Å². The van der Waals surface area contributed by atoms with E-state index in [0.29, 0.717) is 22.4 Å². The molecular formula is C39H39N5O13. The number of quaternary nitrogens is 1. The molecule has 1 fully saturated rings. The first kappa shape index (κ1) is 39.7. The number of hydrogen-bond donors (Lipinski definition) is 8. The molecule has 18 nitrogen and oxygen atoms in total. The molecule has 8 atom stereocenters. The fourth-order valence-electron chi connectivity index (χ4n) is 7.46. The summed E-state index contributed by atoms with van der Waals surface area (Å²) in [6.45, 7) is -1.66. The summed E-state index contributed by atoms with van der Waals surface area (Å²) in [5.74, 6) is -3.83. The molecule has 0 saturated carbocycles. The number of ether oxygens (including phenoxy) is 3. The molecular weight excluding hydrogens is 746 g/mol. The third-order valence-corrected chi connectivity index (χ3v) is 10.2. The van der Waals surface area contributed by atoms with Crippen molar-refractivity contribution >= 4 is 46.9 Å². The predicted octanol–water partition coefficient (Wildman–Crippen LogP) is -2.09. The van der Waals surface area contributed by atoms with Crippen LogP contribution in [-0.4, -0.2) is 135 Å². The van der Waals surface area contributed by atoms with Crippen LogP contribution in [0, 0.1) is 5.41 Å². The molecule has 7 rings (SSSR count). The summed E-state index contributed by atoms with van der Waals surface area (Å²) in [7, 11) is 0. The molecule has 3 aromatic carbocycles. The highest BCUT2D eigenvalue weighted by atomic mass is 16.7. The lowest BCUT2D eigenvalue weighted by molar-refractivity contribution is -0.723. The van der Waals surface area contributed by atoms with Gasteiger partial charge in [-0.25, -0.2) is 14.9 Å². The Morgan fingerprint density at radius 2 is 1.67 bits per heavy atom. The number of carbonyl (C=O) groups excluding carboxylic acids is 3. The van der Waals surface area contributed by atoms with Gasteiger partial charge in [0.2, 0.25) is 12.2 Å². The molecule has 0 spiro atoms. The van der Waals surface area contributed by atoms with E-state index in [9.17, 15) is 50.1 Å². The molecule has 3 heterocycles. The second kappa shape index (κ2) is 16.5. The number of guanidine groups is 1. The molecule has 4 aliphatic rings. The topological polar surface area (TPSA) is 289 Å². The number of hydrogen-bond acceptors (Lipinski definition) is 15. The Bertz CT molecular complexity index is 2200. The molecule has 0 radical (unpaired) electrons. The minimum Gasteiger partial charge on any atom is -0.857 e. The maximum Gasteiger partial charge on any atom is 0.262 e. The molecule has 0 aromatic heterocycles. The minimum absolute atomic E-state index is 0.00237. The van der Waals surface area contributed by atoms with Crippen molar-refractivity contribution in [3.63, 3.8) is 0 Å². The Morgan fingerprint density at radius 3 is 2.39 bits per heavy atom. The first-order chi connectivity index (χ1) is 27.5. The molecule has 8 N–H and O–H groups in total.